The minimum absolute atomic E-state index is 0.0401. The van der Waals surface area contributed by atoms with Crippen molar-refractivity contribution in [3.8, 4) is 5.75 Å². The standard InChI is InChI=1S/C18H28N2O3/c1-3-15-4-6-16(7-5-15)23-12-17(21)20-13-18(14-22-2)8-10-19-11-9-18/h4-7,19H,3,8-14H2,1-2H3,(H,20,21). The Labute approximate surface area is 138 Å². The van der Waals surface area contributed by atoms with Gasteiger partial charge in [0.1, 0.15) is 5.75 Å². The van der Waals surface area contributed by atoms with E-state index in [0.717, 1.165) is 38.1 Å². The molecule has 0 saturated carbocycles. The molecule has 2 rings (SSSR count). The number of nitrogens with one attached hydrogen (secondary N) is 2. The van der Waals surface area contributed by atoms with Crippen LogP contribution in [0.25, 0.3) is 0 Å². The van der Waals surface area contributed by atoms with E-state index >= 15 is 0 Å². The third-order valence-corrected chi connectivity index (χ3v) is 4.48. The van der Waals surface area contributed by atoms with E-state index in [9.17, 15) is 4.79 Å². The van der Waals surface area contributed by atoms with Crippen LogP contribution in [0.4, 0.5) is 0 Å². The molecule has 2 N–H and O–H groups in total. The van der Waals surface area contributed by atoms with Gasteiger partial charge in [0.15, 0.2) is 6.61 Å². The van der Waals surface area contributed by atoms with Crippen molar-refractivity contribution in [2.45, 2.75) is 26.2 Å². The van der Waals surface area contributed by atoms with Crippen LogP contribution in [-0.2, 0) is 16.0 Å². The molecular weight excluding hydrogens is 292 g/mol. The van der Waals surface area contributed by atoms with Crippen LogP contribution in [0, 0.1) is 5.41 Å². The molecule has 1 aromatic carbocycles. The molecule has 0 aromatic heterocycles. The average Bonchev–Trinajstić information content (AvgIpc) is 2.60. The van der Waals surface area contributed by atoms with E-state index in [1.54, 1.807) is 7.11 Å². The molecule has 128 valence electrons. The van der Waals surface area contributed by atoms with Crippen molar-refractivity contribution >= 4 is 5.91 Å². The van der Waals surface area contributed by atoms with Crippen LogP contribution in [0.1, 0.15) is 25.3 Å². The largest absolute Gasteiger partial charge is 0.484 e. The number of carbonyl (C=O) groups is 1. The van der Waals surface area contributed by atoms with E-state index in [4.69, 9.17) is 9.47 Å². The first-order valence-corrected chi connectivity index (χ1v) is 8.35. The number of rotatable bonds is 8. The Morgan fingerprint density at radius 3 is 2.57 bits per heavy atom. The number of ether oxygens (including phenoxy) is 2. The maximum Gasteiger partial charge on any atom is 0.257 e. The molecule has 1 fully saturated rings. The van der Waals surface area contributed by atoms with Crippen LogP contribution < -0.4 is 15.4 Å². The predicted octanol–water partition coefficient (Wildman–Crippen LogP) is 1.76. The number of benzene rings is 1. The summed E-state index contributed by atoms with van der Waals surface area (Å²) in [5, 5.41) is 6.35. The molecule has 5 nitrogen and oxygen atoms in total. The van der Waals surface area contributed by atoms with Gasteiger partial charge in [0.2, 0.25) is 0 Å². The SMILES string of the molecule is CCc1ccc(OCC(=O)NCC2(COC)CCNCC2)cc1. The number of aryl methyl sites for hydroxylation is 1. The topological polar surface area (TPSA) is 59.6 Å². The normalized spacial score (nSPS) is 16.8. The molecule has 1 amide bonds. The second kappa shape index (κ2) is 8.89. The van der Waals surface area contributed by atoms with E-state index in [-0.39, 0.29) is 17.9 Å². The fourth-order valence-corrected chi connectivity index (χ4v) is 2.94. The number of hydrogen-bond acceptors (Lipinski definition) is 4. The Balaban J connectivity index is 1.76. The maximum absolute atomic E-state index is 12.0. The fourth-order valence-electron chi connectivity index (χ4n) is 2.94. The van der Waals surface area contributed by atoms with Crippen LogP contribution in [0.5, 0.6) is 5.75 Å². The highest BCUT2D eigenvalue weighted by molar-refractivity contribution is 5.77. The predicted molar refractivity (Wildman–Crippen MR) is 90.7 cm³/mol. The van der Waals surface area contributed by atoms with Crippen LogP contribution in [0.3, 0.4) is 0 Å². The Morgan fingerprint density at radius 1 is 1.26 bits per heavy atom. The summed E-state index contributed by atoms with van der Waals surface area (Å²) in [6.07, 6.45) is 3.03. The van der Waals surface area contributed by atoms with Gasteiger partial charge >= 0.3 is 0 Å². The second-order valence-electron chi connectivity index (χ2n) is 6.25. The summed E-state index contributed by atoms with van der Waals surface area (Å²) in [5.74, 6) is 0.643. The zero-order valence-corrected chi connectivity index (χ0v) is 14.2. The summed E-state index contributed by atoms with van der Waals surface area (Å²) >= 11 is 0. The van der Waals surface area contributed by atoms with Gasteiger partial charge in [-0.3, -0.25) is 4.79 Å². The zero-order chi connectivity index (χ0) is 16.5. The lowest BCUT2D eigenvalue weighted by molar-refractivity contribution is -0.124. The quantitative estimate of drug-likeness (QED) is 0.766. The van der Waals surface area contributed by atoms with Crippen molar-refractivity contribution < 1.29 is 14.3 Å². The first-order chi connectivity index (χ1) is 11.2. The van der Waals surface area contributed by atoms with Crippen LogP contribution in [0.15, 0.2) is 24.3 Å². The van der Waals surface area contributed by atoms with Gasteiger partial charge in [-0.1, -0.05) is 19.1 Å². The maximum atomic E-state index is 12.0. The third kappa shape index (κ3) is 5.52. The fraction of sp³-hybridized carbons (Fsp3) is 0.611. The minimum Gasteiger partial charge on any atom is -0.484 e. The molecule has 1 aliphatic rings. The van der Waals surface area contributed by atoms with E-state index in [2.05, 4.69) is 17.6 Å². The van der Waals surface area contributed by atoms with Gasteiger partial charge in [-0.25, -0.2) is 0 Å². The molecule has 1 aromatic rings. The first kappa shape index (κ1) is 17.8. The lowest BCUT2D eigenvalue weighted by Gasteiger charge is -2.37. The number of piperidine rings is 1. The number of carbonyl (C=O) groups excluding carboxylic acids is 1. The number of hydrogen-bond donors (Lipinski definition) is 2. The van der Waals surface area contributed by atoms with Gasteiger partial charge in [-0.05, 0) is 50.0 Å². The zero-order valence-electron chi connectivity index (χ0n) is 14.2. The molecule has 1 aliphatic heterocycles. The van der Waals surface area contributed by atoms with Crippen molar-refractivity contribution in [2.24, 2.45) is 5.41 Å². The number of methoxy groups -OCH3 is 1. The molecule has 0 spiro atoms. The smallest absolute Gasteiger partial charge is 0.257 e. The van der Waals surface area contributed by atoms with Gasteiger partial charge in [-0.15, -0.1) is 0 Å². The molecule has 1 saturated heterocycles. The first-order valence-electron chi connectivity index (χ1n) is 8.35. The lowest BCUT2D eigenvalue weighted by Crippen LogP contribution is -2.47. The van der Waals surface area contributed by atoms with Gasteiger partial charge in [0, 0.05) is 19.1 Å². The van der Waals surface area contributed by atoms with Crippen LogP contribution in [0.2, 0.25) is 0 Å². The molecule has 0 unspecified atom stereocenters. The summed E-state index contributed by atoms with van der Waals surface area (Å²) in [6.45, 7) is 5.42. The highest BCUT2D eigenvalue weighted by Crippen LogP contribution is 2.28. The van der Waals surface area contributed by atoms with Crippen molar-refractivity contribution in [1.82, 2.24) is 10.6 Å². The molecule has 0 aliphatic carbocycles. The van der Waals surface area contributed by atoms with Gasteiger partial charge < -0.3 is 20.1 Å². The van der Waals surface area contributed by atoms with E-state index in [1.807, 2.05) is 24.3 Å². The summed E-state index contributed by atoms with van der Waals surface area (Å²) in [6, 6.07) is 7.86. The van der Waals surface area contributed by atoms with E-state index in [0.29, 0.717) is 13.2 Å². The Kier molecular flexibility index (Phi) is 6.86. The summed E-state index contributed by atoms with van der Waals surface area (Å²) in [4.78, 5) is 12.0. The van der Waals surface area contributed by atoms with Gasteiger partial charge in [0.25, 0.3) is 5.91 Å². The monoisotopic (exact) mass is 320 g/mol. The second-order valence-corrected chi connectivity index (χ2v) is 6.25. The summed E-state index contributed by atoms with van der Waals surface area (Å²) in [5.41, 5.74) is 1.30. The molecule has 5 heteroatoms. The highest BCUT2D eigenvalue weighted by Gasteiger charge is 2.32. The van der Waals surface area contributed by atoms with Crippen molar-refractivity contribution in [3.05, 3.63) is 29.8 Å². The minimum atomic E-state index is -0.0846. The van der Waals surface area contributed by atoms with Crippen LogP contribution >= 0.6 is 0 Å². The van der Waals surface area contributed by atoms with E-state index < -0.39 is 0 Å². The number of amides is 1. The van der Waals surface area contributed by atoms with E-state index in [1.165, 1.54) is 5.56 Å². The van der Waals surface area contributed by atoms with Crippen molar-refractivity contribution in [1.29, 1.82) is 0 Å². The highest BCUT2D eigenvalue weighted by atomic mass is 16.5. The summed E-state index contributed by atoms with van der Waals surface area (Å²) in [7, 11) is 1.72. The molecule has 0 atom stereocenters. The third-order valence-electron chi connectivity index (χ3n) is 4.48. The van der Waals surface area contributed by atoms with Gasteiger partial charge in [0.05, 0.1) is 6.61 Å². The van der Waals surface area contributed by atoms with Crippen molar-refractivity contribution in [2.75, 3.05) is 40.0 Å². The van der Waals surface area contributed by atoms with Crippen molar-refractivity contribution in [3.63, 3.8) is 0 Å². The van der Waals surface area contributed by atoms with Crippen LogP contribution in [-0.4, -0.2) is 45.9 Å². The molecule has 0 bridgehead atoms. The Morgan fingerprint density at radius 2 is 1.96 bits per heavy atom. The summed E-state index contributed by atoms with van der Waals surface area (Å²) < 4.78 is 10.9. The molecule has 1 heterocycles. The average molecular weight is 320 g/mol. The molecule has 0 radical (unpaired) electrons. The Bertz CT molecular complexity index is 476. The Hall–Kier alpha value is -1.59. The van der Waals surface area contributed by atoms with Gasteiger partial charge in [-0.2, -0.15) is 0 Å². The lowest BCUT2D eigenvalue weighted by atomic mass is 9.79. The molecular formula is C18H28N2O3. The molecule has 23 heavy (non-hydrogen) atoms.